The fraction of sp³-hybridized carbons (Fsp3) is 0.308. The number of hydrogen-bond acceptors (Lipinski definition) is 3. The number of nitrogens with zero attached hydrogens (tertiary/aromatic N) is 3. The molecule has 2 aromatic rings. The third-order valence-electron chi connectivity index (χ3n) is 3.33. The molecule has 0 atom stereocenters. The molecule has 0 saturated carbocycles. The summed E-state index contributed by atoms with van der Waals surface area (Å²) < 4.78 is 2.20. The molecule has 2 heterocycles. The average molecular weight is 228 g/mol. The molecule has 0 bridgehead atoms. The van der Waals surface area contributed by atoms with Crippen molar-refractivity contribution in [1.29, 1.82) is 0 Å². The Bertz CT molecular complexity index is 524. The number of fused-ring (bicyclic) bond motifs is 1. The summed E-state index contributed by atoms with van der Waals surface area (Å²) in [5.41, 5.74) is 9.31. The van der Waals surface area contributed by atoms with E-state index in [1.54, 1.807) is 0 Å². The standard InChI is InChI=1S/C13H16N4/c1-10-3-2-4-11(14)13(10)17-8-7-16-6-5-15-12(16)9-17/h2-6H,7-9,14H2,1H3. The van der Waals surface area contributed by atoms with Crippen molar-refractivity contribution in [3.63, 3.8) is 0 Å². The SMILES string of the molecule is Cc1cccc(N)c1N1CCn2ccnc2C1. The van der Waals surface area contributed by atoms with Gasteiger partial charge in [-0.05, 0) is 18.6 Å². The quantitative estimate of drug-likeness (QED) is 0.757. The van der Waals surface area contributed by atoms with Gasteiger partial charge < -0.3 is 15.2 Å². The number of imidazole rings is 1. The molecular formula is C13H16N4. The molecule has 2 N–H and O–H groups in total. The van der Waals surface area contributed by atoms with Gasteiger partial charge in [0.15, 0.2) is 0 Å². The van der Waals surface area contributed by atoms with E-state index in [9.17, 15) is 0 Å². The lowest BCUT2D eigenvalue weighted by molar-refractivity contribution is 0.560. The normalized spacial score (nSPS) is 14.8. The number of aryl methyl sites for hydroxylation is 1. The Morgan fingerprint density at radius 3 is 3.00 bits per heavy atom. The number of rotatable bonds is 1. The Balaban J connectivity index is 1.97. The maximum Gasteiger partial charge on any atom is 0.128 e. The zero-order valence-corrected chi connectivity index (χ0v) is 9.93. The summed E-state index contributed by atoms with van der Waals surface area (Å²) in [6, 6.07) is 6.06. The number of anilines is 2. The number of nitrogen functional groups attached to an aromatic ring is 1. The second kappa shape index (κ2) is 3.80. The molecule has 88 valence electrons. The number of benzene rings is 1. The molecule has 0 spiro atoms. The monoisotopic (exact) mass is 228 g/mol. The number of hydrogen-bond donors (Lipinski definition) is 1. The lowest BCUT2D eigenvalue weighted by atomic mass is 10.1. The smallest absolute Gasteiger partial charge is 0.128 e. The molecular weight excluding hydrogens is 212 g/mol. The predicted molar refractivity (Wildman–Crippen MR) is 68.9 cm³/mol. The van der Waals surface area contributed by atoms with Crippen LogP contribution in [0.15, 0.2) is 30.6 Å². The predicted octanol–water partition coefficient (Wildman–Crippen LogP) is 1.79. The van der Waals surface area contributed by atoms with Crippen LogP contribution in [0.25, 0.3) is 0 Å². The zero-order chi connectivity index (χ0) is 11.8. The van der Waals surface area contributed by atoms with Crippen LogP contribution in [0.4, 0.5) is 11.4 Å². The molecule has 0 saturated heterocycles. The van der Waals surface area contributed by atoms with E-state index in [-0.39, 0.29) is 0 Å². The largest absolute Gasteiger partial charge is 0.397 e. The highest BCUT2D eigenvalue weighted by molar-refractivity contribution is 5.71. The van der Waals surface area contributed by atoms with Crippen LogP contribution in [0.3, 0.4) is 0 Å². The first-order chi connectivity index (χ1) is 8.25. The highest BCUT2D eigenvalue weighted by Gasteiger charge is 2.19. The fourth-order valence-electron chi connectivity index (χ4n) is 2.48. The Morgan fingerprint density at radius 2 is 2.18 bits per heavy atom. The second-order valence-corrected chi connectivity index (χ2v) is 4.47. The molecule has 4 heteroatoms. The highest BCUT2D eigenvalue weighted by Crippen LogP contribution is 2.29. The van der Waals surface area contributed by atoms with Crippen LogP contribution in [0.5, 0.6) is 0 Å². The molecule has 0 amide bonds. The van der Waals surface area contributed by atoms with Crippen molar-refractivity contribution >= 4 is 11.4 Å². The van der Waals surface area contributed by atoms with Gasteiger partial charge in [-0.1, -0.05) is 12.1 Å². The van der Waals surface area contributed by atoms with Crippen LogP contribution < -0.4 is 10.6 Å². The summed E-state index contributed by atoms with van der Waals surface area (Å²) in [6.45, 7) is 4.90. The van der Waals surface area contributed by atoms with Gasteiger partial charge in [-0.3, -0.25) is 0 Å². The molecule has 0 fully saturated rings. The minimum Gasteiger partial charge on any atom is -0.397 e. The van der Waals surface area contributed by atoms with Gasteiger partial charge in [-0.2, -0.15) is 0 Å². The van der Waals surface area contributed by atoms with Crippen molar-refractivity contribution in [2.75, 3.05) is 17.2 Å². The van der Waals surface area contributed by atoms with Gasteiger partial charge in [-0.25, -0.2) is 4.98 Å². The number of nitrogens with two attached hydrogens (primary N) is 1. The Labute approximate surface area is 101 Å². The minimum atomic E-state index is 0.835. The fourth-order valence-corrected chi connectivity index (χ4v) is 2.48. The van der Waals surface area contributed by atoms with Crippen molar-refractivity contribution < 1.29 is 0 Å². The summed E-state index contributed by atoms with van der Waals surface area (Å²) in [7, 11) is 0. The van der Waals surface area contributed by atoms with Gasteiger partial charge in [0.1, 0.15) is 5.82 Å². The van der Waals surface area contributed by atoms with E-state index in [4.69, 9.17) is 5.73 Å². The van der Waals surface area contributed by atoms with Gasteiger partial charge in [0, 0.05) is 25.5 Å². The first-order valence-corrected chi connectivity index (χ1v) is 5.86. The summed E-state index contributed by atoms with van der Waals surface area (Å²) >= 11 is 0. The third-order valence-corrected chi connectivity index (χ3v) is 3.33. The second-order valence-electron chi connectivity index (χ2n) is 4.47. The molecule has 17 heavy (non-hydrogen) atoms. The minimum absolute atomic E-state index is 0.835. The van der Waals surface area contributed by atoms with Crippen molar-refractivity contribution in [2.45, 2.75) is 20.0 Å². The van der Waals surface area contributed by atoms with E-state index in [0.29, 0.717) is 0 Å². The first-order valence-electron chi connectivity index (χ1n) is 5.86. The van der Waals surface area contributed by atoms with Crippen molar-refractivity contribution in [3.8, 4) is 0 Å². The van der Waals surface area contributed by atoms with Crippen LogP contribution in [-0.4, -0.2) is 16.1 Å². The Kier molecular flexibility index (Phi) is 2.28. The number of para-hydroxylation sites is 1. The number of aromatic nitrogens is 2. The maximum atomic E-state index is 6.08. The van der Waals surface area contributed by atoms with Gasteiger partial charge in [0.05, 0.1) is 17.9 Å². The van der Waals surface area contributed by atoms with E-state index in [0.717, 1.165) is 36.8 Å². The van der Waals surface area contributed by atoms with E-state index in [1.807, 2.05) is 24.5 Å². The summed E-state index contributed by atoms with van der Waals surface area (Å²) in [5, 5.41) is 0. The molecule has 1 aromatic carbocycles. The van der Waals surface area contributed by atoms with E-state index >= 15 is 0 Å². The van der Waals surface area contributed by atoms with Crippen LogP contribution >= 0.6 is 0 Å². The molecule has 4 nitrogen and oxygen atoms in total. The average Bonchev–Trinajstić information content (AvgIpc) is 2.76. The van der Waals surface area contributed by atoms with Gasteiger partial charge >= 0.3 is 0 Å². The Morgan fingerprint density at radius 1 is 1.29 bits per heavy atom. The molecule has 0 radical (unpaired) electrons. The summed E-state index contributed by atoms with van der Waals surface area (Å²) in [4.78, 5) is 6.68. The van der Waals surface area contributed by atoms with Crippen LogP contribution in [0, 0.1) is 6.92 Å². The van der Waals surface area contributed by atoms with Crippen molar-refractivity contribution in [3.05, 3.63) is 42.0 Å². The molecule has 0 aliphatic carbocycles. The van der Waals surface area contributed by atoms with Crippen LogP contribution in [0.1, 0.15) is 11.4 Å². The Hall–Kier alpha value is -1.97. The third kappa shape index (κ3) is 1.65. The lowest BCUT2D eigenvalue weighted by Gasteiger charge is -2.31. The summed E-state index contributed by atoms with van der Waals surface area (Å²) in [6.07, 6.45) is 3.90. The maximum absolute atomic E-state index is 6.08. The highest BCUT2D eigenvalue weighted by atomic mass is 15.2. The van der Waals surface area contributed by atoms with Gasteiger partial charge in [0.2, 0.25) is 0 Å². The molecule has 1 aliphatic rings. The molecule has 1 aromatic heterocycles. The first kappa shape index (κ1) is 10.2. The van der Waals surface area contributed by atoms with E-state index in [2.05, 4.69) is 27.4 Å². The summed E-state index contributed by atoms with van der Waals surface area (Å²) in [5.74, 6) is 1.11. The zero-order valence-electron chi connectivity index (χ0n) is 9.93. The van der Waals surface area contributed by atoms with E-state index < -0.39 is 0 Å². The van der Waals surface area contributed by atoms with Crippen LogP contribution in [-0.2, 0) is 13.1 Å². The van der Waals surface area contributed by atoms with Crippen molar-refractivity contribution in [1.82, 2.24) is 9.55 Å². The molecule has 3 rings (SSSR count). The topological polar surface area (TPSA) is 47.1 Å². The van der Waals surface area contributed by atoms with Gasteiger partial charge in [0.25, 0.3) is 0 Å². The van der Waals surface area contributed by atoms with E-state index in [1.165, 1.54) is 5.56 Å². The molecule has 1 aliphatic heterocycles. The van der Waals surface area contributed by atoms with Crippen molar-refractivity contribution in [2.24, 2.45) is 0 Å². The molecule has 0 unspecified atom stereocenters. The van der Waals surface area contributed by atoms with Gasteiger partial charge in [-0.15, -0.1) is 0 Å². The van der Waals surface area contributed by atoms with Crippen LogP contribution in [0.2, 0.25) is 0 Å². The lowest BCUT2D eigenvalue weighted by Crippen LogP contribution is -2.34.